The third kappa shape index (κ3) is 4.65. The molecule has 0 aliphatic heterocycles. The van der Waals surface area contributed by atoms with Crippen molar-refractivity contribution >= 4 is 21.4 Å². The van der Waals surface area contributed by atoms with Gasteiger partial charge in [-0.3, -0.25) is 4.72 Å². The number of anilines is 2. The molecular weight excluding hydrogens is 236 g/mol. The van der Waals surface area contributed by atoms with Crippen LogP contribution in [0.2, 0.25) is 0 Å². The molecule has 17 heavy (non-hydrogen) atoms. The summed E-state index contributed by atoms with van der Waals surface area (Å²) >= 11 is 0. The Bertz CT molecular complexity index is 502. The van der Waals surface area contributed by atoms with Gasteiger partial charge < -0.3 is 5.73 Å². The Morgan fingerprint density at radius 3 is 2.41 bits per heavy atom. The summed E-state index contributed by atoms with van der Waals surface area (Å²) in [5.41, 5.74) is 7.31. The van der Waals surface area contributed by atoms with Crippen LogP contribution < -0.4 is 10.5 Å². The van der Waals surface area contributed by atoms with Crippen molar-refractivity contribution in [3.05, 3.63) is 23.8 Å². The van der Waals surface area contributed by atoms with E-state index in [2.05, 4.69) is 4.72 Å². The molecule has 1 rings (SSSR count). The number of nitrogens with one attached hydrogen (secondary N) is 1. The van der Waals surface area contributed by atoms with Gasteiger partial charge in [0.05, 0.1) is 11.4 Å². The Hall–Kier alpha value is -1.23. The van der Waals surface area contributed by atoms with E-state index in [9.17, 15) is 8.42 Å². The Balaban J connectivity index is 2.94. The Morgan fingerprint density at radius 1 is 1.29 bits per heavy atom. The fraction of sp³-hybridized carbons (Fsp3) is 0.500. The van der Waals surface area contributed by atoms with Crippen molar-refractivity contribution in [3.63, 3.8) is 0 Å². The summed E-state index contributed by atoms with van der Waals surface area (Å²) in [7, 11) is -3.34. The number of nitrogen functional groups attached to an aromatic ring is 1. The van der Waals surface area contributed by atoms with E-state index in [1.807, 2.05) is 27.7 Å². The number of hydrogen-bond acceptors (Lipinski definition) is 3. The van der Waals surface area contributed by atoms with Crippen LogP contribution in [0.15, 0.2) is 18.2 Å². The zero-order chi connectivity index (χ0) is 13.3. The molecule has 5 heteroatoms. The van der Waals surface area contributed by atoms with E-state index in [1.165, 1.54) is 0 Å². The lowest BCUT2D eigenvalue weighted by Crippen LogP contribution is -2.26. The normalized spacial score (nSPS) is 12.5. The van der Waals surface area contributed by atoms with Crippen LogP contribution in [-0.2, 0) is 10.0 Å². The molecule has 1 aromatic rings. The smallest absolute Gasteiger partial charge is 0.233 e. The highest BCUT2D eigenvalue weighted by atomic mass is 32.2. The minimum Gasteiger partial charge on any atom is -0.399 e. The lowest BCUT2D eigenvalue weighted by molar-refractivity contribution is 0.463. The number of nitrogens with two attached hydrogens (primary N) is 1. The van der Waals surface area contributed by atoms with Crippen molar-refractivity contribution in [2.75, 3.05) is 16.2 Å². The molecule has 0 aromatic heterocycles. The summed E-state index contributed by atoms with van der Waals surface area (Å²) in [6.45, 7) is 7.50. The third-order valence-electron chi connectivity index (χ3n) is 2.15. The largest absolute Gasteiger partial charge is 0.399 e. The molecule has 0 bridgehead atoms. The van der Waals surface area contributed by atoms with Crippen LogP contribution in [-0.4, -0.2) is 14.2 Å². The average molecular weight is 256 g/mol. The van der Waals surface area contributed by atoms with E-state index in [4.69, 9.17) is 5.73 Å². The zero-order valence-corrected chi connectivity index (χ0v) is 11.6. The van der Waals surface area contributed by atoms with E-state index < -0.39 is 10.0 Å². The number of sulfonamides is 1. The molecule has 0 fully saturated rings. The Morgan fingerprint density at radius 2 is 1.88 bits per heavy atom. The van der Waals surface area contributed by atoms with Gasteiger partial charge in [0.1, 0.15) is 0 Å². The number of hydrogen-bond donors (Lipinski definition) is 2. The van der Waals surface area contributed by atoms with Crippen LogP contribution in [0, 0.1) is 12.3 Å². The van der Waals surface area contributed by atoms with Crippen molar-refractivity contribution < 1.29 is 8.42 Å². The van der Waals surface area contributed by atoms with E-state index in [1.54, 1.807) is 18.2 Å². The third-order valence-corrected chi connectivity index (χ3v) is 3.93. The molecule has 0 saturated heterocycles. The monoisotopic (exact) mass is 256 g/mol. The number of rotatable bonds is 3. The van der Waals surface area contributed by atoms with Crippen molar-refractivity contribution in [2.45, 2.75) is 27.7 Å². The predicted octanol–water partition coefficient (Wildman–Crippen LogP) is 2.37. The highest BCUT2D eigenvalue weighted by Gasteiger charge is 2.21. The number of aryl methyl sites for hydroxylation is 1. The van der Waals surface area contributed by atoms with Gasteiger partial charge in [0.2, 0.25) is 10.0 Å². The Kier molecular flexibility index (Phi) is 3.71. The molecule has 96 valence electrons. The second-order valence-electron chi connectivity index (χ2n) is 5.50. The minimum atomic E-state index is -3.34. The number of benzene rings is 1. The zero-order valence-electron chi connectivity index (χ0n) is 10.7. The summed E-state index contributed by atoms with van der Waals surface area (Å²) in [4.78, 5) is 0. The van der Waals surface area contributed by atoms with Gasteiger partial charge in [0.15, 0.2) is 0 Å². The van der Waals surface area contributed by atoms with Gasteiger partial charge in [-0.15, -0.1) is 0 Å². The van der Waals surface area contributed by atoms with Gasteiger partial charge in [0, 0.05) is 5.69 Å². The predicted molar refractivity (Wildman–Crippen MR) is 72.5 cm³/mol. The van der Waals surface area contributed by atoms with Crippen LogP contribution in [0.5, 0.6) is 0 Å². The van der Waals surface area contributed by atoms with Crippen molar-refractivity contribution in [1.82, 2.24) is 0 Å². The first kappa shape index (κ1) is 13.8. The lowest BCUT2D eigenvalue weighted by atomic mass is 10.0. The minimum absolute atomic E-state index is 0.0776. The first-order chi connectivity index (χ1) is 7.59. The molecule has 3 N–H and O–H groups in total. The molecule has 0 aliphatic rings. The molecular formula is C12H20N2O2S. The fourth-order valence-electron chi connectivity index (χ4n) is 1.52. The van der Waals surface area contributed by atoms with E-state index in [0.29, 0.717) is 11.4 Å². The van der Waals surface area contributed by atoms with Crippen molar-refractivity contribution in [2.24, 2.45) is 5.41 Å². The van der Waals surface area contributed by atoms with Gasteiger partial charge in [-0.2, -0.15) is 0 Å². The molecule has 0 atom stereocenters. The van der Waals surface area contributed by atoms with Gasteiger partial charge in [-0.1, -0.05) is 26.8 Å². The molecule has 0 spiro atoms. The molecule has 0 saturated carbocycles. The average Bonchev–Trinajstić information content (AvgIpc) is 2.06. The summed E-state index contributed by atoms with van der Waals surface area (Å²) in [5.74, 6) is 0.0776. The molecule has 0 aliphatic carbocycles. The first-order valence-corrected chi connectivity index (χ1v) is 7.11. The highest BCUT2D eigenvalue weighted by Crippen LogP contribution is 2.22. The van der Waals surface area contributed by atoms with Crippen LogP contribution >= 0.6 is 0 Å². The maximum atomic E-state index is 11.9. The van der Waals surface area contributed by atoms with E-state index >= 15 is 0 Å². The molecule has 0 unspecified atom stereocenters. The van der Waals surface area contributed by atoms with Crippen LogP contribution in [0.25, 0.3) is 0 Å². The van der Waals surface area contributed by atoms with E-state index in [0.717, 1.165) is 5.56 Å². The molecule has 0 radical (unpaired) electrons. The topological polar surface area (TPSA) is 72.2 Å². The maximum absolute atomic E-state index is 11.9. The van der Waals surface area contributed by atoms with Crippen molar-refractivity contribution in [3.8, 4) is 0 Å². The molecule has 0 heterocycles. The Labute approximate surface area is 103 Å². The summed E-state index contributed by atoms with van der Waals surface area (Å²) in [6.07, 6.45) is 0. The molecule has 4 nitrogen and oxygen atoms in total. The SMILES string of the molecule is Cc1ccc(N)cc1NS(=O)(=O)CC(C)(C)C. The van der Waals surface area contributed by atoms with E-state index in [-0.39, 0.29) is 11.2 Å². The maximum Gasteiger partial charge on any atom is 0.233 e. The van der Waals surface area contributed by atoms with Crippen molar-refractivity contribution in [1.29, 1.82) is 0 Å². The van der Waals surface area contributed by atoms with Gasteiger partial charge in [-0.25, -0.2) is 8.42 Å². The second kappa shape index (κ2) is 4.56. The molecule has 1 aromatic carbocycles. The van der Waals surface area contributed by atoms with Gasteiger partial charge in [0.25, 0.3) is 0 Å². The lowest BCUT2D eigenvalue weighted by Gasteiger charge is -2.19. The summed E-state index contributed by atoms with van der Waals surface area (Å²) < 4.78 is 26.4. The summed E-state index contributed by atoms with van der Waals surface area (Å²) in [6, 6.07) is 5.18. The van der Waals surface area contributed by atoms with Crippen LogP contribution in [0.4, 0.5) is 11.4 Å². The molecule has 0 amide bonds. The quantitative estimate of drug-likeness (QED) is 0.815. The van der Waals surface area contributed by atoms with Gasteiger partial charge in [-0.05, 0) is 30.0 Å². The standard InChI is InChI=1S/C12H20N2O2S/c1-9-5-6-10(13)7-11(9)14-17(15,16)8-12(2,3)4/h5-7,14H,8,13H2,1-4H3. The van der Waals surface area contributed by atoms with Crippen LogP contribution in [0.3, 0.4) is 0 Å². The van der Waals surface area contributed by atoms with Gasteiger partial charge >= 0.3 is 0 Å². The summed E-state index contributed by atoms with van der Waals surface area (Å²) in [5, 5.41) is 0. The highest BCUT2D eigenvalue weighted by molar-refractivity contribution is 7.92. The fourth-order valence-corrected chi connectivity index (χ4v) is 3.29. The van der Waals surface area contributed by atoms with Crippen LogP contribution in [0.1, 0.15) is 26.3 Å². The second-order valence-corrected chi connectivity index (χ2v) is 7.22. The first-order valence-electron chi connectivity index (χ1n) is 5.46.